The van der Waals surface area contributed by atoms with Crippen molar-refractivity contribution < 1.29 is 23.9 Å². The van der Waals surface area contributed by atoms with Gasteiger partial charge in [0.2, 0.25) is 0 Å². The van der Waals surface area contributed by atoms with E-state index in [2.05, 4.69) is 0 Å². The standard InChI is InChI=1S/C15H9NO6S/c17-12(18)6-16-14(20)11(23-15(16)21)5-8-7-22-10-4-2-1-3-9(10)13(8)19/h1-5,7H,6H2,(H,17,18)/b11-5+. The van der Waals surface area contributed by atoms with Crippen molar-refractivity contribution in [1.29, 1.82) is 0 Å². The maximum absolute atomic E-state index is 12.3. The minimum absolute atomic E-state index is 0.0150. The lowest BCUT2D eigenvalue weighted by Gasteiger charge is -2.07. The van der Waals surface area contributed by atoms with E-state index in [4.69, 9.17) is 9.52 Å². The van der Waals surface area contributed by atoms with Gasteiger partial charge in [-0.05, 0) is 30.0 Å². The van der Waals surface area contributed by atoms with Crippen LogP contribution < -0.4 is 5.43 Å². The average Bonchev–Trinajstić information content (AvgIpc) is 2.77. The molecule has 0 radical (unpaired) electrons. The smallest absolute Gasteiger partial charge is 0.323 e. The highest BCUT2D eigenvalue weighted by Gasteiger charge is 2.36. The summed E-state index contributed by atoms with van der Waals surface area (Å²) in [4.78, 5) is 47.3. The number of imide groups is 1. The average molecular weight is 331 g/mol. The molecule has 2 heterocycles. The van der Waals surface area contributed by atoms with E-state index in [1.165, 1.54) is 12.3 Å². The molecule has 23 heavy (non-hydrogen) atoms. The lowest BCUT2D eigenvalue weighted by molar-refractivity contribution is -0.140. The number of benzene rings is 1. The largest absolute Gasteiger partial charge is 0.480 e. The summed E-state index contributed by atoms with van der Waals surface area (Å²) in [6.45, 7) is -0.714. The first-order chi connectivity index (χ1) is 11.0. The van der Waals surface area contributed by atoms with E-state index in [1.54, 1.807) is 24.3 Å². The van der Waals surface area contributed by atoms with E-state index in [0.29, 0.717) is 27.6 Å². The van der Waals surface area contributed by atoms with Crippen LogP contribution >= 0.6 is 11.8 Å². The van der Waals surface area contributed by atoms with Crippen molar-refractivity contribution in [2.45, 2.75) is 0 Å². The number of nitrogens with zero attached hydrogens (tertiary/aromatic N) is 1. The number of amides is 2. The Morgan fingerprint density at radius 2 is 2.00 bits per heavy atom. The molecule has 7 nitrogen and oxygen atoms in total. The number of carboxylic acids is 1. The molecule has 2 aromatic rings. The lowest BCUT2D eigenvalue weighted by atomic mass is 10.1. The predicted octanol–water partition coefficient (Wildman–Crippen LogP) is 1.91. The molecule has 116 valence electrons. The molecule has 3 rings (SSSR count). The van der Waals surface area contributed by atoms with E-state index in [-0.39, 0.29) is 15.9 Å². The van der Waals surface area contributed by atoms with Gasteiger partial charge in [-0.25, -0.2) is 0 Å². The molecule has 2 amide bonds. The number of carbonyl (C=O) groups excluding carboxylic acids is 2. The van der Waals surface area contributed by atoms with Crippen LogP contribution in [-0.2, 0) is 9.59 Å². The molecule has 1 saturated heterocycles. The Hall–Kier alpha value is -2.87. The summed E-state index contributed by atoms with van der Waals surface area (Å²) < 4.78 is 5.33. The molecule has 0 saturated carbocycles. The molecule has 0 aliphatic carbocycles. The van der Waals surface area contributed by atoms with Crippen LogP contribution in [0.5, 0.6) is 0 Å². The third kappa shape index (κ3) is 2.76. The molecular weight excluding hydrogens is 322 g/mol. The topological polar surface area (TPSA) is 105 Å². The number of thioether (sulfide) groups is 1. The van der Waals surface area contributed by atoms with Crippen LogP contribution in [-0.4, -0.2) is 33.7 Å². The van der Waals surface area contributed by atoms with E-state index in [1.807, 2.05) is 0 Å². The fourth-order valence-corrected chi connectivity index (χ4v) is 2.93. The molecule has 0 unspecified atom stereocenters. The first-order valence-electron chi connectivity index (χ1n) is 6.45. The molecule has 1 aromatic carbocycles. The van der Waals surface area contributed by atoms with Crippen LogP contribution in [0.15, 0.2) is 44.6 Å². The van der Waals surface area contributed by atoms with Crippen molar-refractivity contribution in [2.24, 2.45) is 0 Å². The van der Waals surface area contributed by atoms with Crippen molar-refractivity contribution in [3.8, 4) is 0 Å². The fraction of sp³-hybridized carbons (Fsp3) is 0.0667. The van der Waals surface area contributed by atoms with E-state index < -0.39 is 23.7 Å². The lowest BCUT2D eigenvalue weighted by Crippen LogP contribution is -2.33. The number of aliphatic carboxylic acids is 1. The highest BCUT2D eigenvalue weighted by molar-refractivity contribution is 8.18. The number of carboxylic acid groups (broad SMARTS) is 1. The van der Waals surface area contributed by atoms with Gasteiger partial charge in [0.15, 0.2) is 5.43 Å². The van der Waals surface area contributed by atoms with E-state index in [9.17, 15) is 19.2 Å². The number of fused-ring (bicyclic) bond motifs is 1. The Labute approximate surface area is 133 Å². The maximum atomic E-state index is 12.3. The Morgan fingerprint density at radius 1 is 1.26 bits per heavy atom. The van der Waals surface area contributed by atoms with E-state index in [0.717, 1.165) is 0 Å². The van der Waals surface area contributed by atoms with Crippen molar-refractivity contribution in [1.82, 2.24) is 4.90 Å². The molecule has 0 atom stereocenters. The fourth-order valence-electron chi connectivity index (χ4n) is 2.11. The summed E-state index contributed by atoms with van der Waals surface area (Å²) in [5.41, 5.74) is 0.190. The predicted molar refractivity (Wildman–Crippen MR) is 82.8 cm³/mol. The molecule has 1 N–H and O–H groups in total. The first kappa shape index (κ1) is 15.0. The zero-order valence-electron chi connectivity index (χ0n) is 11.5. The summed E-state index contributed by atoms with van der Waals surface area (Å²) in [6.07, 6.45) is 2.45. The van der Waals surface area contributed by atoms with Gasteiger partial charge in [0.1, 0.15) is 18.4 Å². The molecule has 1 aliphatic heterocycles. The molecule has 1 aliphatic rings. The van der Waals surface area contributed by atoms with Gasteiger partial charge in [-0.1, -0.05) is 12.1 Å². The quantitative estimate of drug-likeness (QED) is 0.856. The van der Waals surface area contributed by atoms with Crippen LogP contribution in [0.2, 0.25) is 0 Å². The van der Waals surface area contributed by atoms with Crippen LogP contribution in [0, 0.1) is 0 Å². The zero-order chi connectivity index (χ0) is 16.6. The van der Waals surface area contributed by atoms with Crippen molar-refractivity contribution in [3.63, 3.8) is 0 Å². The zero-order valence-corrected chi connectivity index (χ0v) is 12.3. The summed E-state index contributed by atoms with van der Waals surface area (Å²) in [5.74, 6) is -2.03. The minimum atomic E-state index is -1.29. The van der Waals surface area contributed by atoms with Gasteiger partial charge in [-0.15, -0.1) is 0 Å². The Kier molecular flexibility index (Phi) is 3.75. The SMILES string of the molecule is O=C(O)CN1C(=O)S/C(=C/c2coc3ccccc3c2=O)C1=O. The van der Waals surface area contributed by atoms with E-state index >= 15 is 0 Å². The van der Waals surface area contributed by atoms with Crippen LogP contribution in [0.4, 0.5) is 4.79 Å². The van der Waals surface area contributed by atoms with Gasteiger partial charge in [-0.2, -0.15) is 0 Å². The highest BCUT2D eigenvalue weighted by Crippen LogP contribution is 2.31. The van der Waals surface area contributed by atoms with Crippen LogP contribution in [0.1, 0.15) is 5.56 Å². The van der Waals surface area contributed by atoms with Crippen molar-refractivity contribution >= 4 is 45.9 Å². The monoisotopic (exact) mass is 331 g/mol. The molecule has 1 aromatic heterocycles. The summed E-state index contributed by atoms with van der Waals surface area (Å²) in [5, 5.41) is 8.37. The normalized spacial score (nSPS) is 16.5. The Balaban J connectivity index is 2.01. The number of rotatable bonds is 3. The van der Waals surface area contributed by atoms with Gasteiger partial charge < -0.3 is 9.52 Å². The minimum Gasteiger partial charge on any atom is -0.480 e. The van der Waals surface area contributed by atoms with Gasteiger partial charge in [-0.3, -0.25) is 24.1 Å². The summed E-state index contributed by atoms with van der Waals surface area (Å²) in [7, 11) is 0. The number of hydrogen-bond donors (Lipinski definition) is 1. The number of hydrogen-bond acceptors (Lipinski definition) is 6. The highest BCUT2D eigenvalue weighted by atomic mass is 32.2. The Morgan fingerprint density at radius 3 is 2.74 bits per heavy atom. The molecule has 1 fully saturated rings. The van der Waals surface area contributed by atoms with Crippen LogP contribution in [0.25, 0.3) is 17.0 Å². The molecule has 0 spiro atoms. The van der Waals surface area contributed by atoms with Crippen molar-refractivity contribution in [3.05, 3.63) is 51.2 Å². The number of carbonyl (C=O) groups is 3. The van der Waals surface area contributed by atoms with Gasteiger partial charge in [0.05, 0.1) is 15.9 Å². The van der Waals surface area contributed by atoms with Crippen LogP contribution in [0.3, 0.4) is 0 Å². The molecule has 0 bridgehead atoms. The van der Waals surface area contributed by atoms with Gasteiger partial charge in [0, 0.05) is 0 Å². The summed E-state index contributed by atoms with van der Waals surface area (Å²) in [6, 6.07) is 6.64. The third-order valence-corrected chi connectivity index (χ3v) is 4.07. The second-order valence-electron chi connectivity index (χ2n) is 4.68. The second-order valence-corrected chi connectivity index (χ2v) is 5.67. The van der Waals surface area contributed by atoms with Gasteiger partial charge >= 0.3 is 5.97 Å². The van der Waals surface area contributed by atoms with Crippen molar-refractivity contribution in [2.75, 3.05) is 6.54 Å². The molecular formula is C15H9NO6S. The summed E-state index contributed by atoms with van der Waals surface area (Å²) >= 11 is 0.587. The van der Waals surface area contributed by atoms with Gasteiger partial charge in [0.25, 0.3) is 11.1 Å². The third-order valence-electron chi connectivity index (χ3n) is 3.16. The number of para-hydroxylation sites is 1. The Bertz CT molecular complexity index is 929. The second kappa shape index (κ2) is 5.73. The maximum Gasteiger partial charge on any atom is 0.323 e. The molecule has 8 heteroatoms. The first-order valence-corrected chi connectivity index (χ1v) is 7.27.